The summed E-state index contributed by atoms with van der Waals surface area (Å²) in [5.74, 6) is -1.15. The summed E-state index contributed by atoms with van der Waals surface area (Å²) >= 11 is -3.22. The third-order valence-electron chi connectivity index (χ3n) is 7.12. The van der Waals surface area contributed by atoms with Crippen molar-refractivity contribution in [2.24, 2.45) is 0 Å². The molecule has 5 nitrogen and oxygen atoms in total. The molecule has 0 bridgehead atoms. The summed E-state index contributed by atoms with van der Waals surface area (Å²) in [6.07, 6.45) is 20.7. The van der Waals surface area contributed by atoms with Crippen LogP contribution in [0.4, 0.5) is 0 Å². The van der Waals surface area contributed by atoms with Gasteiger partial charge in [0.15, 0.2) is 0 Å². The van der Waals surface area contributed by atoms with Crippen molar-refractivity contribution in [3.8, 4) is 0 Å². The summed E-state index contributed by atoms with van der Waals surface area (Å²) in [6, 6.07) is 0. The van der Waals surface area contributed by atoms with E-state index in [0.717, 1.165) is 32.6 Å². The first kappa shape index (κ1) is 34.7. The molecule has 0 saturated heterocycles. The van der Waals surface area contributed by atoms with Crippen LogP contribution in [0, 0.1) is 0 Å². The van der Waals surface area contributed by atoms with Gasteiger partial charge in [0.2, 0.25) is 0 Å². The molecule has 0 aromatic heterocycles. The third kappa shape index (κ3) is 19.5. The van der Waals surface area contributed by atoms with Gasteiger partial charge >= 0.3 is 223 Å². The molecule has 0 aromatic rings. The molecule has 0 aliphatic carbocycles. The zero-order valence-electron chi connectivity index (χ0n) is 23.7. The van der Waals surface area contributed by atoms with E-state index in [-0.39, 0.29) is 12.4 Å². The summed E-state index contributed by atoms with van der Waals surface area (Å²) in [5, 5.41) is 10.0. The second-order valence-corrected chi connectivity index (χ2v) is 22.1. The van der Waals surface area contributed by atoms with Crippen LogP contribution in [-0.2, 0) is 17.4 Å². The molecule has 0 amide bonds. The molecular formula is C29H58O5Sn. The summed E-state index contributed by atoms with van der Waals surface area (Å²) in [5.41, 5.74) is 0. The molecule has 0 fully saturated rings. The molecule has 0 aliphatic rings. The van der Waals surface area contributed by atoms with E-state index >= 15 is 0 Å². The molecule has 0 aliphatic heterocycles. The quantitative estimate of drug-likeness (QED) is 0.0642. The summed E-state index contributed by atoms with van der Waals surface area (Å²) in [6.45, 7) is 6.72. The Kier molecular flexibility index (Phi) is 23.9. The van der Waals surface area contributed by atoms with Crippen LogP contribution in [0.1, 0.15) is 143 Å². The number of esters is 1. The monoisotopic (exact) mass is 606 g/mol. The molecule has 1 atom stereocenters. The van der Waals surface area contributed by atoms with Crippen LogP contribution < -0.4 is 0 Å². The molecule has 1 unspecified atom stereocenters. The van der Waals surface area contributed by atoms with Crippen LogP contribution in [0.15, 0.2) is 0 Å². The van der Waals surface area contributed by atoms with E-state index in [1.165, 1.54) is 103 Å². The average molecular weight is 605 g/mol. The van der Waals surface area contributed by atoms with E-state index in [4.69, 9.17) is 3.07 Å². The van der Waals surface area contributed by atoms with Crippen LogP contribution in [0.25, 0.3) is 0 Å². The van der Waals surface area contributed by atoms with Gasteiger partial charge in [0.25, 0.3) is 0 Å². The second-order valence-electron chi connectivity index (χ2n) is 10.5. The van der Waals surface area contributed by atoms with Crippen LogP contribution in [0.2, 0.25) is 13.3 Å². The minimum absolute atomic E-state index is 0.283. The maximum absolute atomic E-state index is 12.9. The maximum atomic E-state index is 12.9. The fourth-order valence-electron chi connectivity index (χ4n) is 4.87. The second kappa shape index (κ2) is 24.1. The van der Waals surface area contributed by atoms with Gasteiger partial charge in [-0.15, -0.1) is 0 Å². The minimum atomic E-state index is -3.22. The zero-order valence-corrected chi connectivity index (χ0v) is 26.6. The Hall–Kier alpha value is -0.301. The molecular weight excluding hydrogens is 547 g/mol. The molecule has 0 saturated carbocycles. The first-order valence-electron chi connectivity index (χ1n) is 14.9. The molecule has 35 heavy (non-hydrogen) atoms. The summed E-state index contributed by atoms with van der Waals surface area (Å²) in [4.78, 5) is 24.5. The van der Waals surface area contributed by atoms with Gasteiger partial charge in [-0.25, -0.2) is 0 Å². The number of carbonyl (C=O) groups excluding carboxylic acids is 2. The number of ether oxygens (including phenoxy) is 1. The van der Waals surface area contributed by atoms with E-state index in [9.17, 15) is 14.7 Å². The number of aliphatic hydroxyl groups excluding tert-OH is 1. The fourth-order valence-corrected chi connectivity index (χ4v) is 17.2. The van der Waals surface area contributed by atoms with E-state index < -0.39 is 30.9 Å². The number of hydrogen-bond acceptors (Lipinski definition) is 5. The van der Waals surface area contributed by atoms with Crippen molar-refractivity contribution >= 4 is 30.7 Å². The first-order valence-corrected chi connectivity index (χ1v) is 22.1. The third-order valence-corrected chi connectivity index (χ3v) is 19.8. The number of carbonyl (C=O) groups is 2. The molecule has 0 radical (unpaired) electrons. The van der Waals surface area contributed by atoms with E-state index in [1.54, 1.807) is 0 Å². The van der Waals surface area contributed by atoms with Gasteiger partial charge < -0.3 is 0 Å². The summed E-state index contributed by atoms with van der Waals surface area (Å²) < 4.78 is 14.3. The SMILES string of the molecule is CCCCCCC[CH2][Sn]([CH2]CCCCCCC)([CH2]CCCCCCC)[O]C(=O)CC(O)C(=O)OC. The van der Waals surface area contributed by atoms with E-state index in [2.05, 4.69) is 25.5 Å². The van der Waals surface area contributed by atoms with Crippen molar-refractivity contribution in [3.63, 3.8) is 0 Å². The van der Waals surface area contributed by atoms with Crippen LogP contribution in [-0.4, -0.2) is 49.0 Å². The normalized spacial score (nSPS) is 12.5. The van der Waals surface area contributed by atoms with Gasteiger partial charge in [0, 0.05) is 0 Å². The molecule has 0 heterocycles. The molecule has 1 N–H and O–H groups in total. The molecule has 0 aromatic carbocycles. The Morgan fingerprint density at radius 1 is 0.629 bits per heavy atom. The molecule has 0 spiro atoms. The Bertz CT molecular complexity index is 471. The van der Waals surface area contributed by atoms with E-state index in [0.29, 0.717) is 0 Å². The van der Waals surface area contributed by atoms with Gasteiger partial charge in [-0.2, -0.15) is 0 Å². The number of rotatable bonds is 25. The van der Waals surface area contributed by atoms with Crippen molar-refractivity contribution in [1.82, 2.24) is 0 Å². The predicted molar refractivity (Wildman–Crippen MR) is 149 cm³/mol. The number of unbranched alkanes of at least 4 members (excludes halogenated alkanes) is 15. The van der Waals surface area contributed by atoms with Gasteiger partial charge in [-0.3, -0.25) is 0 Å². The van der Waals surface area contributed by atoms with Gasteiger partial charge in [-0.05, 0) is 0 Å². The Morgan fingerprint density at radius 3 is 1.31 bits per heavy atom. The molecule has 6 heteroatoms. The van der Waals surface area contributed by atoms with Gasteiger partial charge in [0.1, 0.15) is 0 Å². The van der Waals surface area contributed by atoms with Crippen molar-refractivity contribution in [2.75, 3.05) is 7.11 Å². The Morgan fingerprint density at radius 2 is 0.971 bits per heavy atom. The van der Waals surface area contributed by atoms with Crippen molar-refractivity contribution in [2.45, 2.75) is 162 Å². The van der Waals surface area contributed by atoms with Crippen LogP contribution >= 0.6 is 0 Å². The van der Waals surface area contributed by atoms with Crippen molar-refractivity contribution < 1.29 is 22.5 Å². The number of methoxy groups -OCH3 is 1. The number of hydrogen-bond donors (Lipinski definition) is 1. The number of aliphatic hydroxyl groups is 1. The molecule has 0 rings (SSSR count). The predicted octanol–water partition coefficient (Wildman–Crippen LogP) is 8.48. The van der Waals surface area contributed by atoms with Crippen LogP contribution in [0.5, 0.6) is 0 Å². The topological polar surface area (TPSA) is 72.8 Å². The standard InChI is InChI=1S/3C8H17.C5H8O5.Sn/c3*1-3-5-7-8-6-4-2;1-10-5(9)3(6)2-4(7)8;/h3*1,3-8H2,2H3;3,6H,2H2,1H3,(H,7,8);/q;;;;+1/p-1. The average Bonchev–Trinajstić information content (AvgIpc) is 2.84. The Labute approximate surface area is 221 Å². The van der Waals surface area contributed by atoms with Crippen LogP contribution in [0.3, 0.4) is 0 Å². The fraction of sp³-hybridized carbons (Fsp3) is 0.931. The van der Waals surface area contributed by atoms with Crippen molar-refractivity contribution in [3.05, 3.63) is 0 Å². The zero-order chi connectivity index (χ0) is 26.2. The van der Waals surface area contributed by atoms with Crippen molar-refractivity contribution in [1.29, 1.82) is 0 Å². The summed E-state index contributed by atoms with van der Waals surface area (Å²) in [7, 11) is 1.23. The first-order chi connectivity index (χ1) is 16.9. The molecule has 208 valence electrons. The Balaban J connectivity index is 5.17. The van der Waals surface area contributed by atoms with Gasteiger partial charge in [-0.1, -0.05) is 0 Å². The van der Waals surface area contributed by atoms with Gasteiger partial charge in [0.05, 0.1) is 0 Å². The van der Waals surface area contributed by atoms with E-state index in [1.807, 2.05) is 0 Å².